The van der Waals surface area contributed by atoms with Crippen LogP contribution in [0.5, 0.6) is 0 Å². The molecule has 4 nitrogen and oxygen atoms in total. The van der Waals surface area contributed by atoms with Crippen molar-refractivity contribution < 1.29 is 14.4 Å². The number of rotatable bonds is 2. The van der Waals surface area contributed by atoms with E-state index in [1.54, 1.807) is 0 Å². The predicted molar refractivity (Wildman–Crippen MR) is 64.6 cm³/mol. The minimum atomic E-state index is -0.797. The van der Waals surface area contributed by atoms with E-state index in [1.807, 2.05) is 39.8 Å². The van der Waals surface area contributed by atoms with Crippen molar-refractivity contribution in [2.45, 2.75) is 40.2 Å². The molecule has 0 saturated heterocycles. The summed E-state index contributed by atoms with van der Waals surface area (Å²) in [6.45, 7) is 8.28. The van der Waals surface area contributed by atoms with Crippen LogP contribution in [0.15, 0.2) is 17.3 Å². The van der Waals surface area contributed by atoms with Crippen molar-refractivity contribution >= 4 is 11.7 Å². The van der Waals surface area contributed by atoms with Gasteiger partial charge in [-0.05, 0) is 6.92 Å². The van der Waals surface area contributed by atoms with Gasteiger partial charge in [0, 0.05) is 11.8 Å². The quantitative estimate of drug-likeness (QED) is 0.547. The fourth-order valence-corrected chi connectivity index (χ4v) is 2.52. The van der Waals surface area contributed by atoms with Gasteiger partial charge in [-0.15, -0.1) is 0 Å². The fourth-order valence-electron chi connectivity index (χ4n) is 2.52. The molecule has 0 radical (unpaired) electrons. The SMILES string of the molecule is CCOC(=O)C12C=CCC1ON=C2C(C)(C)C. The van der Waals surface area contributed by atoms with Crippen LogP contribution in [0.2, 0.25) is 0 Å². The van der Waals surface area contributed by atoms with E-state index in [0.29, 0.717) is 13.0 Å². The lowest BCUT2D eigenvalue weighted by atomic mass is 9.70. The summed E-state index contributed by atoms with van der Waals surface area (Å²) in [4.78, 5) is 17.7. The monoisotopic (exact) mass is 237 g/mol. The number of oxime groups is 1. The van der Waals surface area contributed by atoms with Crippen LogP contribution in [0, 0.1) is 10.8 Å². The molecule has 0 fully saturated rings. The Labute approximate surface area is 102 Å². The Balaban J connectivity index is 2.42. The van der Waals surface area contributed by atoms with Crippen LogP contribution in [0.25, 0.3) is 0 Å². The Morgan fingerprint density at radius 1 is 1.65 bits per heavy atom. The lowest BCUT2D eigenvalue weighted by Crippen LogP contribution is -2.47. The second kappa shape index (κ2) is 3.86. The minimum Gasteiger partial charge on any atom is -0.465 e. The van der Waals surface area contributed by atoms with E-state index in [1.165, 1.54) is 0 Å². The van der Waals surface area contributed by atoms with Crippen molar-refractivity contribution in [3.8, 4) is 0 Å². The third-order valence-corrected chi connectivity index (χ3v) is 3.23. The molecule has 4 heteroatoms. The molecule has 0 aromatic carbocycles. The van der Waals surface area contributed by atoms with Crippen LogP contribution < -0.4 is 0 Å². The van der Waals surface area contributed by atoms with E-state index in [9.17, 15) is 4.79 Å². The summed E-state index contributed by atoms with van der Waals surface area (Å²) < 4.78 is 5.20. The summed E-state index contributed by atoms with van der Waals surface area (Å²) in [5, 5.41) is 4.13. The van der Waals surface area contributed by atoms with Gasteiger partial charge >= 0.3 is 5.97 Å². The summed E-state index contributed by atoms with van der Waals surface area (Å²) in [6.07, 6.45) is 4.35. The Kier molecular flexibility index (Phi) is 2.76. The molecular weight excluding hydrogens is 218 g/mol. The lowest BCUT2D eigenvalue weighted by molar-refractivity contribution is -0.152. The van der Waals surface area contributed by atoms with Crippen LogP contribution in [0.4, 0.5) is 0 Å². The number of hydrogen-bond acceptors (Lipinski definition) is 4. The van der Waals surface area contributed by atoms with Gasteiger partial charge in [0.1, 0.15) is 0 Å². The number of carbonyl (C=O) groups is 1. The van der Waals surface area contributed by atoms with E-state index < -0.39 is 5.41 Å². The first-order valence-electron chi connectivity index (χ1n) is 6.02. The molecule has 0 saturated carbocycles. The predicted octanol–water partition coefficient (Wildman–Crippen LogP) is 2.30. The van der Waals surface area contributed by atoms with Gasteiger partial charge in [-0.2, -0.15) is 0 Å². The molecule has 0 spiro atoms. The summed E-state index contributed by atoms with van der Waals surface area (Å²) in [5.41, 5.74) is -0.244. The molecule has 1 heterocycles. The van der Waals surface area contributed by atoms with Gasteiger partial charge in [-0.25, -0.2) is 0 Å². The van der Waals surface area contributed by atoms with E-state index in [-0.39, 0.29) is 17.5 Å². The summed E-state index contributed by atoms with van der Waals surface area (Å²) >= 11 is 0. The van der Waals surface area contributed by atoms with Gasteiger partial charge in [-0.1, -0.05) is 38.1 Å². The molecule has 0 aromatic heterocycles. The minimum absolute atomic E-state index is 0.212. The largest absolute Gasteiger partial charge is 0.465 e. The number of carbonyl (C=O) groups excluding carboxylic acids is 1. The van der Waals surface area contributed by atoms with E-state index in [4.69, 9.17) is 9.57 Å². The lowest BCUT2D eigenvalue weighted by Gasteiger charge is -2.31. The van der Waals surface area contributed by atoms with Gasteiger partial charge in [0.25, 0.3) is 0 Å². The Morgan fingerprint density at radius 2 is 2.35 bits per heavy atom. The first-order valence-corrected chi connectivity index (χ1v) is 6.02. The molecular formula is C13H19NO3. The molecule has 2 rings (SSSR count). The van der Waals surface area contributed by atoms with E-state index in [2.05, 4.69) is 5.16 Å². The average molecular weight is 237 g/mol. The molecule has 1 aliphatic heterocycles. The highest BCUT2D eigenvalue weighted by Gasteiger charge is 2.59. The van der Waals surface area contributed by atoms with Gasteiger partial charge in [-0.3, -0.25) is 4.79 Å². The zero-order valence-electron chi connectivity index (χ0n) is 10.8. The van der Waals surface area contributed by atoms with Crippen molar-refractivity contribution in [3.05, 3.63) is 12.2 Å². The van der Waals surface area contributed by atoms with Crippen molar-refractivity contribution in [1.29, 1.82) is 0 Å². The maximum Gasteiger partial charge on any atom is 0.325 e. The standard InChI is InChI=1S/C13H19NO3/c1-5-16-11(15)13-8-6-7-9(13)17-14-10(13)12(2,3)4/h6,8-9H,5,7H2,1-4H3. The molecule has 94 valence electrons. The molecule has 0 N–H and O–H groups in total. The van der Waals surface area contributed by atoms with E-state index >= 15 is 0 Å². The smallest absolute Gasteiger partial charge is 0.325 e. The Morgan fingerprint density at radius 3 is 2.94 bits per heavy atom. The third kappa shape index (κ3) is 1.66. The highest BCUT2D eigenvalue weighted by molar-refractivity contribution is 6.12. The zero-order chi connectivity index (χ0) is 12.7. The van der Waals surface area contributed by atoms with Crippen LogP contribution in [0.1, 0.15) is 34.1 Å². The second-order valence-electron chi connectivity index (χ2n) is 5.51. The van der Waals surface area contributed by atoms with Gasteiger partial charge in [0.15, 0.2) is 11.5 Å². The third-order valence-electron chi connectivity index (χ3n) is 3.23. The van der Waals surface area contributed by atoms with Crippen molar-refractivity contribution in [3.63, 3.8) is 0 Å². The number of fused-ring (bicyclic) bond motifs is 1. The fraction of sp³-hybridized carbons (Fsp3) is 0.692. The molecule has 2 unspecified atom stereocenters. The van der Waals surface area contributed by atoms with Crippen LogP contribution in [-0.4, -0.2) is 24.4 Å². The number of nitrogens with zero attached hydrogens (tertiary/aromatic N) is 1. The van der Waals surface area contributed by atoms with Gasteiger partial charge in [0.2, 0.25) is 0 Å². The Bertz CT molecular complexity index is 392. The van der Waals surface area contributed by atoms with Gasteiger partial charge in [0.05, 0.1) is 12.3 Å². The highest BCUT2D eigenvalue weighted by atomic mass is 16.6. The Hall–Kier alpha value is -1.32. The molecule has 2 aliphatic rings. The number of hydrogen-bond donors (Lipinski definition) is 0. The summed E-state index contributed by atoms with van der Waals surface area (Å²) in [6, 6.07) is 0. The van der Waals surface area contributed by atoms with E-state index in [0.717, 1.165) is 5.71 Å². The molecule has 1 aliphatic carbocycles. The normalized spacial score (nSPS) is 30.8. The van der Waals surface area contributed by atoms with Crippen LogP contribution in [-0.2, 0) is 14.4 Å². The van der Waals surface area contributed by atoms with Crippen molar-refractivity contribution in [2.75, 3.05) is 6.61 Å². The zero-order valence-corrected chi connectivity index (χ0v) is 10.8. The number of ether oxygens (including phenoxy) is 1. The summed E-state index contributed by atoms with van der Waals surface area (Å²) in [7, 11) is 0. The second-order valence-corrected chi connectivity index (χ2v) is 5.51. The van der Waals surface area contributed by atoms with Crippen LogP contribution >= 0.6 is 0 Å². The average Bonchev–Trinajstić information content (AvgIpc) is 2.72. The van der Waals surface area contributed by atoms with Gasteiger partial charge < -0.3 is 9.57 Å². The highest BCUT2D eigenvalue weighted by Crippen LogP contribution is 2.46. The van der Waals surface area contributed by atoms with Crippen molar-refractivity contribution in [1.82, 2.24) is 0 Å². The van der Waals surface area contributed by atoms with Crippen LogP contribution in [0.3, 0.4) is 0 Å². The summed E-state index contributed by atoms with van der Waals surface area (Å²) in [5.74, 6) is -0.245. The maximum atomic E-state index is 12.3. The molecule has 2 atom stereocenters. The number of esters is 1. The first-order chi connectivity index (χ1) is 7.93. The first kappa shape index (κ1) is 12.1. The molecule has 0 aromatic rings. The molecule has 17 heavy (non-hydrogen) atoms. The van der Waals surface area contributed by atoms with Crippen molar-refractivity contribution in [2.24, 2.45) is 16.0 Å². The maximum absolute atomic E-state index is 12.3. The molecule has 0 amide bonds. The molecule has 0 bridgehead atoms. The topological polar surface area (TPSA) is 47.9 Å².